The number of benzene rings is 6. The molecular formula is C74H93N13O15S2. The molecular weight excluding hydrogens is 1380 g/mol. The van der Waals surface area contributed by atoms with Crippen molar-refractivity contribution < 1.29 is 73.2 Å². The zero-order valence-corrected chi connectivity index (χ0v) is 59.6. The number of amides is 10. The van der Waals surface area contributed by atoms with E-state index >= 15 is 19.2 Å². The summed E-state index contributed by atoms with van der Waals surface area (Å²) in [6.45, 7) is 1.93. The minimum Gasteiger partial charge on any atom is -0.480 e. The molecule has 19 N–H and O–H groups in total. The van der Waals surface area contributed by atoms with Crippen LogP contribution in [0.3, 0.4) is 0 Å². The van der Waals surface area contributed by atoms with Gasteiger partial charge in [-0.15, -0.1) is 0 Å². The summed E-state index contributed by atoms with van der Waals surface area (Å²) in [5.74, 6) is -11.9. The highest BCUT2D eigenvalue weighted by molar-refractivity contribution is 8.76. The lowest BCUT2D eigenvalue weighted by Crippen LogP contribution is -2.63. The predicted octanol–water partition coefficient (Wildman–Crippen LogP) is -0.390. The molecule has 1 heterocycles. The third kappa shape index (κ3) is 25.6. The number of carboxylic acids is 1. The number of unbranched alkanes of at least 4 members (excludes halogenated alkanes) is 1. The first-order valence-corrected chi connectivity index (χ1v) is 36.7. The Balaban J connectivity index is 1.31. The van der Waals surface area contributed by atoms with Crippen LogP contribution >= 0.6 is 21.6 Å². The molecule has 1 fully saturated rings. The molecule has 1 saturated heterocycles. The first-order chi connectivity index (χ1) is 49.9. The van der Waals surface area contributed by atoms with Gasteiger partial charge in [-0.2, -0.15) is 0 Å². The number of fused-ring (bicyclic) bond motifs is 1. The van der Waals surface area contributed by atoms with Crippen LogP contribution in [0.5, 0.6) is 0 Å². The molecule has 0 saturated carbocycles. The molecule has 1 aliphatic heterocycles. The number of carbonyl (C=O) groups is 11. The number of carboxylic acid groups (broad SMARTS) is 1. The average molecular weight is 1470 g/mol. The smallest absolute Gasteiger partial charge is 0.327 e. The zero-order chi connectivity index (χ0) is 75.2. The Morgan fingerprint density at radius 2 is 0.788 bits per heavy atom. The summed E-state index contributed by atoms with van der Waals surface area (Å²) in [6.07, 6.45) is -3.65. The molecule has 7 rings (SSSR count). The molecule has 0 radical (unpaired) electrons. The van der Waals surface area contributed by atoms with Gasteiger partial charge < -0.3 is 90.4 Å². The second kappa shape index (κ2) is 41.5. The molecule has 0 spiro atoms. The molecule has 0 aliphatic carbocycles. The molecule has 30 heteroatoms. The Morgan fingerprint density at radius 3 is 1.22 bits per heavy atom. The normalized spacial score (nSPS) is 23.8. The molecule has 1 aliphatic rings. The number of carbonyl (C=O) groups excluding carboxylic acids is 10. The zero-order valence-electron chi connectivity index (χ0n) is 58.0. The fourth-order valence-corrected chi connectivity index (χ4v) is 13.6. The fraction of sp³-hybridized carbons (Fsp3) is 0.392. The largest absolute Gasteiger partial charge is 0.480 e. The van der Waals surface area contributed by atoms with Gasteiger partial charge in [0, 0.05) is 50.2 Å². The van der Waals surface area contributed by atoms with Gasteiger partial charge in [0.05, 0.1) is 24.9 Å². The Hall–Kier alpha value is -9.79. The molecule has 6 aromatic carbocycles. The lowest BCUT2D eigenvalue weighted by molar-refractivity contribution is -0.142. The van der Waals surface area contributed by atoms with Crippen molar-refractivity contribution in [3.8, 4) is 0 Å². The number of rotatable bonds is 20. The van der Waals surface area contributed by atoms with Crippen LogP contribution in [0.2, 0.25) is 0 Å². The van der Waals surface area contributed by atoms with E-state index in [1.54, 1.807) is 128 Å². The van der Waals surface area contributed by atoms with Crippen LogP contribution in [0.25, 0.3) is 10.8 Å². The molecule has 28 nitrogen and oxygen atoms in total. The van der Waals surface area contributed by atoms with Gasteiger partial charge in [-0.3, -0.25) is 47.9 Å². The van der Waals surface area contributed by atoms with Crippen LogP contribution in [0.1, 0.15) is 66.5 Å². The summed E-state index contributed by atoms with van der Waals surface area (Å²) in [4.78, 5) is 159. The Bertz CT molecular complexity index is 3870. The SMILES string of the molecule is CNCc1ccc(CC2NC(=O)C(Cc3ccc4ccccc4c3)NC(=O)[C@H](Cc3ccccc3)NC(=O)C(Cc3ccccc3)NC(=O)[C@H](CCCCN)NC(=O)[C@@H](N)CSSC[C@@H](C(=O)O)NC(=O)[C@H](CO)NC(=O)C([C@@H](C)O)NC(=O)[C@H](Cc3ccccc3)NC(=O)C([C@@H](C)O)NC2=O)cc1. The number of aliphatic carboxylic acids is 1. The van der Waals surface area contributed by atoms with Crippen molar-refractivity contribution in [3.63, 3.8) is 0 Å². The van der Waals surface area contributed by atoms with E-state index in [2.05, 4.69) is 58.5 Å². The minimum atomic E-state index is -1.91. The second-order valence-electron chi connectivity index (χ2n) is 25.4. The standard InChI is InChI=1S/C74H93N13O15S2/c1-43(89)62-72(99)83-58(36-47-21-11-6-12-22-47)70(97)87-63(44(2)90)73(100)84-60(40-88)71(98)85-61(74(101)102)42-104-103-41-53(76)64(91)78-54(25-15-16-32-75)65(92)79-55(34-45-17-7-4-8-18-45)66(93)80-56(35-46-19-9-5-10-20-46)67(94)82-59(38-50-30-31-51-23-13-14-24-52(51)33-50)68(95)81-57(69(96)86-62)37-48-26-28-49(29-27-48)39-77-3/h4-14,17-24,26-31,33,43-44,53-63,77,88-90H,15-16,25,32,34-42,75-76H2,1-3H3,(H,78,91)(H,79,92)(H,80,93)(H,81,95)(H,82,94)(H,83,99)(H,84,100)(H,85,98)(H,86,96)(H,87,97)(H,101,102)/t43-,44-,53+,54+,55?,56+,57?,58+,59?,60+,61+,62?,63?/m1/s1. The maximum Gasteiger partial charge on any atom is 0.327 e. The Kier molecular flexibility index (Phi) is 32.5. The first-order valence-electron chi connectivity index (χ1n) is 34.2. The van der Waals surface area contributed by atoms with Gasteiger partial charge in [0.1, 0.15) is 60.4 Å². The van der Waals surface area contributed by atoms with E-state index < -0.39 is 150 Å². The summed E-state index contributed by atoms with van der Waals surface area (Å²) < 4.78 is 0. The third-order valence-electron chi connectivity index (χ3n) is 17.1. The van der Waals surface area contributed by atoms with Gasteiger partial charge >= 0.3 is 5.97 Å². The number of hydrogen-bond acceptors (Lipinski definition) is 19. The van der Waals surface area contributed by atoms with Gasteiger partial charge in [0.15, 0.2) is 0 Å². The fourth-order valence-electron chi connectivity index (χ4n) is 11.4. The van der Waals surface area contributed by atoms with E-state index in [9.17, 15) is 54.0 Å². The molecule has 13 atom stereocenters. The topological polar surface area (TPSA) is 453 Å². The van der Waals surface area contributed by atoms with Gasteiger partial charge in [-0.05, 0) is 90.9 Å². The number of nitrogens with one attached hydrogen (secondary N) is 11. The highest BCUT2D eigenvalue weighted by atomic mass is 33.1. The number of aliphatic hydroxyl groups is 3. The summed E-state index contributed by atoms with van der Waals surface area (Å²) in [7, 11) is 3.60. The van der Waals surface area contributed by atoms with Crippen LogP contribution in [-0.2, 0) is 91.4 Å². The lowest BCUT2D eigenvalue weighted by atomic mass is 9.98. The van der Waals surface area contributed by atoms with Gasteiger partial charge in [0.25, 0.3) is 0 Å². The van der Waals surface area contributed by atoms with E-state index in [1.165, 1.54) is 6.92 Å². The van der Waals surface area contributed by atoms with E-state index in [4.69, 9.17) is 11.5 Å². The third-order valence-corrected chi connectivity index (χ3v) is 19.6. The molecule has 0 bridgehead atoms. The molecule has 10 amide bonds. The van der Waals surface area contributed by atoms with Gasteiger partial charge in [0.2, 0.25) is 59.1 Å². The molecule has 6 aromatic rings. The van der Waals surface area contributed by atoms with E-state index in [-0.39, 0.29) is 56.6 Å². The van der Waals surface area contributed by atoms with Crippen molar-refractivity contribution in [1.29, 1.82) is 0 Å². The summed E-state index contributed by atoms with van der Waals surface area (Å²) in [6, 6.07) is 27.9. The monoisotopic (exact) mass is 1470 g/mol. The molecule has 556 valence electrons. The van der Waals surface area contributed by atoms with Crippen LogP contribution in [0.4, 0.5) is 0 Å². The number of hydrogen-bond donors (Lipinski definition) is 17. The Morgan fingerprint density at radius 1 is 0.433 bits per heavy atom. The summed E-state index contributed by atoms with van der Waals surface area (Å²) in [5.41, 5.74) is 15.8. The van der Waals surface area contributed by atoms with Gasteiger partial charge in [-0.25, -0.2) is 4.79 Å². The van der Waals surface area contributed by atoms with Crippen LogP contribution < -0.4 is 70.0 Å². The first kappa shape index (κ1) is 81.5. The molecule has 104 heavy (non-hydrogen) atoms. The summed E-state index contributed by atoms with van der Waals surface area (Å²) >= 11 is 0. The predicted molar refractivity (Wildman–Crippen MR) is 394 cm³/mol. The van der Waals surface area contributed by atoms with E-state index in [1.807, 2.05) is 36.4 Å². The maximum atomic E-state index is 15.5. The van der Waals surface area contributed by atoms with Crippen molar-refractivity contribution in [1.82, 2.24) is 58.5 Å². The lowest BCUT2D eigenvalue weighted by Gasteiger charge is -2.29. The van der Waals surface area contributed by atoms with Crippen molar-refractivity contribution in [3.05, 3.63) is 191 Å². The highest BCUT2D eigenvalue weighted by Gasteiger charge is 2.39. The molecule has 5 unspecified atom stereocenters. The van der Waals surface area contributed by atoms with Crippen LogP contribution in [-0.4, -0.2) is 196 Å². The summed E-state index contributed by atoms with van der Waals surface area (Å²) in [5, 5.41) is 73.7. The number of aliphatic hydroxyl groups excluding tert-OH is 3. The van der Waals surface area contributed by atoms with Gasteiger partial charge in [-0.1, -0.05) is 179 Å². The van der Waals surface area contributed by atoms with Crippen LogP contribution in [0, 0.1) is 0 Å². The van der Waals surface area contributed by atoms with E-state index in [0.717, 1.165) is 44.8 Å². The minimum absolute atomic E-state index is 0.0313. The Labute approximate surface area is 610 Å². The average Bonchev–Trinajstić information content (AvgIpc) is 0.837. The van der Waals surface area contributed by atoms with Crippen molar-refractivity contribution in [2.45, 2.75) is 150 Å². The van der Waals surface area contributed by atoms with Crippen molar-refractivity contribution >= 4 is 97.4 Å². The maximum absolute atomic E-state index is 15.5. The molecule has 0 aromatic heterocycles. The van der Waals surface area contributed by atoms with Crippen LogP contribution in [0.15, 0.2) is 158 Å². The van der Waals surface area contributed by atoms with Crippen molar-refractivity contribution in [2.24, 2.45) is 11.5 Å². The second-order valence-corrected chi connectivity index (χ2v) is 28.0. The number of nitrogens with two attached hydrogens (primary N) is 2. The highest BCUT2D eigenvalue weighted by Crippen LogP contribution is 2.24. The van der Waals surface area contributed by atoms with Crippen molar-refractivity contribution in [2.75, 3.05) is 31.7 Å². The quantitative estimate of drug-likeness (QED) is 0.0342. The van der Waals surface area contributed by atoms with E-state index in [0.29, 0.717) is 47.2 Å².